The second-order valence-corrected chi connectivity index (χ2v) is 5.82. The Morgan fingerprint density at radius 2 is 2.00 bits per heavy atom. The number of likely N-dealkylation sites (tertiary alicyclic amines) is 1. The molecule has 0 saturated carbocycles. The molecule has 1 aromatic carbocycles. The predicted molar refractivity (Wildman–Crippen MR) is 94.5 cm³/mol. The second kappa shape index (κ2) is 9.11. The van der Waals surface area contributed by atoms with Gasteiger partial charge in [0.15, 0.2) is 11.5 Å². The normalized spacial score (nSPS) is 17.4. The summed E-state index contributed by atoms with van der Waals surface area (Å²) in [5.74, 6) is 0.691. The average molecular weight is 347 g/mol. The zero-order valence-electron chi connectivity index (χ0n) is 15.0. The maximum absolute atomic E-state index is 12.4. The monoisotopic (exact) mass is 347 g/mol. The van der Waals surface area contributed by atoms with Crippen LogP contribution < -0.4 is 9.47 Å². The topological polar surface area (TPSA) is 65.1 Å². The summed E-state index contributed by atoms with van der Waals surface area (Å²) in [7, 11) is 3.15. The smallest absolute Gasteiger partial charge is 0.310 e. The molecule has 1 aliphatic heterocycles. The molecule has 1 saturated heterocycles. The van der Waals surface area contributed by atoms with Crippen LogP contribution in [0.5, 0.6) is 11.5 Å². The van der Waals surface area contributed by atoms with Gasteiger partial charge in [-0.15, -0.1) is 0 Å². The molecule has 2 rings (SSSR count). The van der Waals surface area contributed by atoms with E-state index in [0.29, 0.717) is 31.2 Å². The third-order valence-corrected chi connectivity index (χ3v) is 4.18. The fourth-order valence-corrected chi connectivity index (χ4v) is 2.86. The lowest BCUT2D eigenvalue weighted by molar-refractivity contribution is -0.150. The van der Waals surface area contributed by atoms with Crippen LogP contribution in [0.1, 0.15) is 25.3 Å². The minimum absolute atomic E-state index is 0.108. The molecule has 0 aliphatic carbocycles. The minimum Gasteiger partial charge on any atom is -0.493 e. The fourth-order valence-electron chi connectivity index (χ4n) is 2.86. The number of nitrogens with zero attached hydrogens (tertiary/aromatic N) is 1. The van der Waals surface area contributed by atoms with Gasteiger partial charge < -0.3 is 19.1 Å². The predicted octanol–water partition coefficient (Wildman–Crippen LogP) is 2.52. The van der Waals surface area contributed by atoms with Crippen LogP contribution in [0.2, 0.25) is 0 Å². The number of ether oxygens (including phenoxy) is 3. The summed E-state index contributed by atoms with van der Waals surface area (Å²) < 4.78 is 15.5. The zero-order valence-corrected chi connectivity index (χ0v) is 15.0. The summed E-state index contributed by atoms with van der Waals surface area (Å²) in [5.41, 5.74) is 0.838. The third kappa shape index (κ3) is 4.98. The lowest BCUT2D eigenvalue weighted by atomic mass is 9.98. The first-order valence-corrected chi connectivity index (χ1v) is 8.44. The van der Waals surface area contributed by atoms with Crippen LogP contribution in [0.15, 0.2) is 24.3 Å². The highest BCUT2D eigenvalue weighted by atomic mass is 16.5. The van der Waals surface area contributed by atoms with Crippen molar-refractivity contribution >= 4 is 18.0 Å². The van der Waals surface area contributed by atoms with E-state index in [1.54, 1.807) is 44.3 Å². The van der Waals surface area contributed by atoms with E-state index in [9.17, 15) is 9.59 Å². The van der Waals surface area contributed by atoms with Gasteiger partial charge in [-0.1, -0.05) is 6.07 Å². The quantitative estimate of drug-likeness (QED) is 0.584. The summed E-state index contributed by atoms with van der Waals surface area (Å²) in [6, 6.07) is 5.45. The summed E-state index contributed by atoms with van der Waals surface area (Å²) in [6.45, 7) is 3.22. The molecule has 1 atom stereocenters. The van der Waals surface area contributed by atoms with Crippen molar-refractivity contribution in [2.45, 2.75) is 19.8 Å². The largest absolute Gasteiger partial charge is 0.493 e. The zero-order chi connectivity index (χ0) is 18.2. The molecule has 1 amide bonds. The molecule has 136 valence electrons. The van der Waals surface area contributed by atoms with Crippen LogP contribution in [-0.4, -0.2) is 50.7 Å². The van der Waals surface area contributed by atoms with Crippen molar-refractivity contribution in [1.29, 1.82) is 0 Å². The van der Waals surface area contributed by atoms with Crippen LogP contribution in [0.4, 0.5) is 0 Å². The van der Waals surface area contributed by atoms with Crippen LogP contribution >= 0.6 is 0 Å². The Morgan fingerprint density at radius 1 is 1.24 bits per heavy atom. The van der Waals surface area contributed by atoms with Crippen LogP contribution in [0, 0.1) is 5.92 Å². The molecular formula is C19H25NO5. The molecule has 6 heteroatoms. The van der Waals surface area contributed by atoms with Crippen LogP contribution in [-0.2, 0) is 14.3 Å². The van der Waals surface area contributed by atoms with Gasteiger partial charge in [0.2, 0.25) is 5.91 Å². The van der Waals surface area contributed by atoms with Crippen molar-refractivity contribution in [1.82, 2.24) is 4.90 Å². The van der Waals surface area contributed by atoms with Gasteiger partial charge >= 0.3 is 5.97 Å². The first kappa shape index (κ1) is 18.8. The van der Waals surface area contributed by atoms with E-state index in [-0.39, 0.29) is 17.8 Å². The second-order valence-electron chi connectivity index (χ2n) is 5.82. The molecule has 0 N–H and O–H groups in total. The van der Waals surface area contributed by atoms with Crippen molar-refractivity contribution in [3.63, 3.8) is 0 Å². The molecule has 0 bridgehead atoms. The van der Waals surface area contributed by atoms with E-state index in [1.807, 2.05) is 6.07 Å². The number of rotatable bonds is 6. The minimum atomic E-state index is -0.230. The highest BCUT2D eigenvalue weighted by Gasteiger charge is 2.28. The summed E-state index contributed by atoms with van der Waals surface area (Å²) in [6.07, 6.45) is 4.83. The number of esters is 1. The van der Waals surface area contributed by atoms with Crippen molar-refractivity contribution in [2.24, 2.45) is 5.92 Å². The summed E-state index contributed by atoms with van der Waals surface area (Å²) >= 11 is 0. The average Bonchev–Trinajstić information content (AvgIpc) is 2.66. The van der Waals surface area contributed by atoms with E-state index >= 15 is 0 Å². The third-order valence-electron chi connectivity index (χ3n) is 4.18. The number of methoxy groups -OCH3 is 2. The maximum Gasteiger partial charge on any atom is 0.310 e. The van der Waals surface area contributed by atoms with Gasteiger partial charge in [-0.2, -0.15) is 0 Å². The fraction of sp³-hybridized carbons (Fsp3) is 0.474. The Labute approximate surface area is 148 Å². The molecule has 1 aromatic rings. The molecule has 0 spiro atoms. The standard InChI is InChI=1S/C19H25NO5/c1-4-25-19(22)15-6-5-11-20(13-15)18(21)10-8-14-7-9-16(23-2)17(12-14)24-3/h7-10,12,15H,4-6,11,13H2,1-3H3/b10-8+/t15-/m0/s1. The number of benzene rings is 1. The van der Waals surface area contributed by atoms with E-state index < -0.39 is 0 Å². The van der Waals surface area contributed by atoms with Crippen molar-refractivity contribution in [3.8, 4) is 11.5 Å². The Hall–Kier alpha value is -2.50. The lowest BCUT2D eigenvalue weighted by Gasteiger charge is -2.30. The molecular weight excluding hydrogens is 322 g/mol. The first-order valence-electron chi connectivity index (χ1n) is 8.44. The van der Waals surface area contributed by atoms with Gasteiger partial charge in [-0.25, -0.2) is 0 Å². The van der Waals surface area contributed by atoms with Gasteiger partial charge in [0.1, 0.15) is 0 Å². The number of piperidine rings is 1. The molecule has 1 aliphatic rings. The Balaban J connectivity index is 2.01. The molecule has 1 fully saturated rings. The Bertz CT molecular complexity index is 641. The number of carbonyl (C=O) groups excluding carboxylic acids is 2. The molecule has 25 heavy (non-hydrogen) atoms. The Morgan fingerprint density at radius 3 is 2.68 bits per heavy atom. The lowest BCUT2D eigenvalue weighted by Crippen LogP contribution is -2.42. The number of hydrogen-bond donors (Lipinski definition) is 0. The van der Waals surface area contributed by atoms with E-state index in [0.717, 1.165) is 18.4 Å². The highest BCUT2D eigenvalue weighted by Crippen LogP contribution is 2.28. The first-order chi connectivity index (χ1) is 12.1. The van der Waals surface area contributed by atoms with E-state index in [2.05, 4.69) is 0 Å². The van der Waals surface area contributed by atoms with E-state index in [1.165, 1.54) is 6.08 Å². The Kier molecular flexibility index (Phi) is 6.86. The van der Waals surface area contributed by atoms with Gasteiger partial charge in [0, 0.05) is 19.2 Å². The highest BCUT2D eigenvalue weighted by molar-refractivity contribution is 5.92. The van der Waals surface area contributed by atoms with Crippen molar-refractivity contribution < 1.29 is 23.8 Å². The summed E-state index contributed by atoms with van der Waals surface area (Å²) in [4.78, 5) is 26.0. The van der Waals surface area contributed by atoms with Gasteiger partial charge in [0.05, 0.1) is 26.7 Å². The van der Waals surface area contributed by atoms with Crippen LogP contribution in [0.25, 0.3) is 6.08 Å². The van der Waals surface area contributed by atoms with Gasteiger partial charge in [-0.3, -0.25) is 9.59 Å². The van der Waals surface area contributed by atoms with Crippen molar-refractivity contribution in [3.05, 3.63) is 29.8 Å². The van der Waals surface area contributed by atoms with Gasteiger partial charge in [0.25, 0.3) is 0 Å². The maximum atomic E-state index is 12.4. The SMILES string of the molecule is CCOC(=O)[C@H]1CCCN(C(=O)/C=C/c2ccc(OC)c(OC)c2)C1. The summed E-state index contributed by atoms with van der Waals surface area (Å²) in [5, 5.41) is 0. The molecule has 0 radical (unpaired) electrons. The number of carbonyl (C=O) groups is 2. The van der Waals surface area contributed by atoms with Crippen LogP contribution in [0.3, 0.4) is 0 Å². The molecule has 0 unspecified atom stereocenters. The molecule has 6 nitrogen and oxygen atoms in total. The molecule has 0 aromatic heterocycles. The number of amides is 1. The van der Waals surface area contributed by atoms with Gasteiger partial charge in [-0.05, 0) is 43.5 Å². The van der Waals surface area contributed by atoms with E-state index in [4.69, 9.17) is 14.2 Å². The molecule has 1 heterocycles. The van der Waals surface area contributed by atoms with Crippen molar-refractivity contribution in [2.75, 3.05) is 33.9 Å². The number of hydrogen-bond acceptors (Lipinski definition) is 5.